The molecule has 0 aliphatic heterocycles. The van der Waals surface area contributed by atoms with Gasteiger partial charge in [0.2, 0.25) is 0 Å². The Morgan fingerprint density at radius 2 is 2.11 bits per heavy atom. The van der Waals surface area contributed by atoms with Gasteiger partial charge >= 0.3 is 0 Å². The molecule has 0 aliphatic rings. The maximum absolute atomic E-state index is 11.8. The van der Waals surface area contributed by atoms with Crippen LogP contribution in [0.1, 0.15) is 24.2 Å². The quantitative estimate of drug-likeness (QED) is 0.671. The van der Waals surface area contributed by atoms with Gasteiger partial charge in [-0.3, -0.25) is 14.9 Å². The van der Waals surface area contributed by atoms with Gasteiger partial charge in [-0.05, 0) is 19.9 Å². The molecule has 0 aromatic heterocycles. The second-order valence-corrected chi connectivity index (χ2v) is 4.58. The Kier molecular flexibility index (Phi) is 3.89. The van der Waals surface area contributed by atoms with E-state index in [2.05, 4.69) is 5.32 Å². The maximum atomic E-state index is 11.8. The second kappa shape index (κ2) is 5.02. The molecule has 0 saturated heterocycles. The zero-order chi connectivity index (χ0) is 13.9. The molecule has 0 bridgehead atoms. The van der Waals surface area contributed by atoms with Crippen molar-refractivity contribution in [1.29, 1.82) is 5.26 Å². The van der Waals surface area contributed by atoms with Crippen LogP contribution in [0, 0.1) is 21.4 Å². The fourth-order valence-corrected chi connectivity index (χ4v) is 1.42. The lowest BCUT2D eigenvalue weighted by molar-refractivity contribution is -0.384. The molecule has 7 heteroatoms. The summed E-state index contributed by atoms with van der Waals surface area (Å²) < 4.78 is 0. The van der Waals surface area contributed by atoms with E-state index in [-0.39, 0.29) is 16.3 Å². The highest BCUT2D eigenvalue weighted by atomic mass is 35.5. The lowest BCUT2D eigenvalue weighted by Gasteiger charge is -2.17. The molecule has 0 aliphatic carbocycles. The van der Waals surface area contributed by atoms with Crippen LogP contribution >= 0.6 is 11.6 Å². The monoisotopic (exact) mass is 267 g/mol. The lowest BCUT2D eigenvalue weighted by atomic mass is 10.1. The van der Waals surface area contributed by atoms with Gasteiger partial charge in [0.25, 0.3) is 11.6 Å². The van der Waals surface area contributed by atoms with Crippen molar-refractivity contribution in [2.45, 2.75) is 19.4 Å². The van der Waals surface area contributed by atoms with Gasteiger partial charge in [-0.15, -0.1) is 0 Å². The molecule has 1 aromatic rings. The normalized spacial score (nSPS) is 10.6. The van der Waals surface area contributed by atoms with Crippen molar-refractivity contribution in [3.63, 3.8) is 0 Å². The molecule has 6 nitrogen and oxygen atoms in total. The van der Waals surface area contributed by atoms with Crippen molar-refractivity contribution in [3.05, 3.63) is 38.9 Å². The third-order valence-electron chi connectivity index (χ3n) is 2.06. The molecule has 94 valence electrons. The molecule has 1 aromatic carbocycles. The van der Waals surface area contributed by atoms with Crippen molar-refractivity contribution < 1.29 is 9.72 Å². The second-order valence-electron chi connectivity index (χ2n) is 4.15. The number of nitrogens with zero attached hydrogens (tertiary/aromatic N) is 2. The van der Waals surface area contributed by atoms with E-state index in [1.165, 1.54) is 19.9 Å². The minimum absolute atomic E-state index is 0.0394. The SMILES string of the molecule is CC(C)(C#N)NC(=O)c1cc(Cl)cc([N+](=O)[O-])c1. The van der Waals surface area contributed by atoms with E-state index in [4.69, 9.17) is 16.9 Å². The van der Waals surface area contributed by atoms with Crippen LogP contribution in [-0.4, -0.2) is 16.4 Å². The Labute approximate surface area is 108 Å². The average Bonchev–Trinajstić information content (AvgIpc) is 2.27. The summed E-state index contributed by atoms with van der Waals surface area (Å²) in [6, 6.07) is 5.45. The molecule has 0 atom stereocenters. The van der Waals surface area contributed by atoms with E-state index in [0.717, 1.165) is 12.1 Å². The van der Waals surface area contributed by atoms with E-state index in [9.17, 15) is 14.9 Å². The number of non-ortho nitro benzene ring substituents is 1. The first kappa shape index (κ1) is 13.9. The number of nitriles is 1. The number of rotatable bonds is 3. The Bertz CT molecular complexity index is 549. The summed E-state index contributed by atoms with van der Waals surface area (Å²) in [6.07, 6.45) is 0. The molecule has 0 unspecified atom stereocenters. The number of nitro benzene ring substituents is 1. The number of nitrogens with one attached hydrogen (secondary N) is 1. The number of halogens is 1. The van der Waals surface area contributed by atoms with Crippen LogP contribution in [-0.2, 0) is 0 Å². The molecular formula is C11H10ClN3O3. The number of hydrogen-bond acceptors (Lipinski definition) is 4. The average molecular weight is 268 g/mol. The predicted octanol–water partition coefficient (Wildman–Crippen LogP) is 2.28. The van der Waals surface area contributed by atoms with E-state index in [0.29, 0.717) is 0 Å². The fourth-order valence-electron chi connectivity index (χ4n) is 1.19. The fraction of sp³-hybridized carbons (Fsp3) is 0.273. The van der Waals surface area contributed by atoms with Crippen LogP contribution in [0.5, 0.6) is 0 Å². The third kappa shape index (κ3) is 3.43. The van der Waals surface area contributed by atoms with Crippen LogP contribution < -0.4 is 5.32 Å². The highest BCUT2D eigenvalue weighted by Gasteiger charge is 2.22. The molecule has 0 saturated carbocycles. The summed E-state index contributed by atoms with van der Waals surface area (Å²) >= 11 is 5.69. The van der Waals surface area contributed by atoms with E-state index >= 15 is 0 Å². The van der Waals surface area contributed by atoms with Gasteiger partial charge in [0, 0.05) is 22.7 Å². The van der Waals surface area contributed by atoms with Gasteiger partial charge in [0.15, 0.2) is 0 Å². The topological polar surface area (TPSA) is 96.0 Å². The van der Waals surface area contributed by atoms with Gasteiger partial charge in [0.05, 0.1) is 11.0 Å². The van der Waals surface area contributed by atoms with Crippen molar-refractivity contribution in [2.75, 3.05) is 0 Å². The van der Waals surface area contributed by atoms with Crippen molar-refractivity contribution >= 4 is 23.2 Å². The largest absolute Gasteiger partial charge is 0.334 e. The van der Waals surface area contributed by atoms with Crippen molar-refractivity contribution in [1.82, 2.24) is 5.32 Å². The van der Waals surface area contributed by atoms with E-state index in [1.54, 1.807) is 0 Å². The smallest absolute Gasteiger partial charge is 0.271 e. The Hall–Kier alpha value is -2.13. The summed E-state index contributed by atoms with van der Waals surface area (Å²) in [5.74, 6) is -0.591. The minimum Gasteiger partial charge on any atom is -0.334 e. The van der Waals surface area contributed by atoms with Gasteiger partial charge in [-0.1, -0.05) is 11.6 Å². The molecule has 0 spiro atoms. The number of carbonyl (C=O) groups excluding carboxylic acids is 1. The summed E-state index contributed by atoms with van der Waals surface area (Å²) in [5, 5.41) is 21.9. The standard InChI is InChI=1S/C11H10ClN3O3/c1-11(2,6-13)14-10(16)7-3-8(12)5-9(4-7)15(17)18/h3-5H,1-2H3,(H,14,16). The van der Waals surface area contributed by atoms with Crippen LogP contribution in [0.25, 0.3) is 0 Å². The maximum Gasteiger partial charge on any atom is 0.271 e. The molecule has 1 rings (SSSR count). The summed E-state index contributed by atoms with van der Waals surface area (Å²) in [6.45, 7) is 3.04. The van der Waals surface area contributed by atoms with Crippen LogP contribution in [0.4, 0.5) is 5.69 Å². The van der Waals surface area contributed by atoms with Crippen LogP contribution in [0.2, 0.25) is 5.02 Å². The van der Waals surface area contributed by atoms with Crippen LogP contribution in [0.3, 0.4) is 0 Å². The van der Waals surface area contributed by atoms with Crippen molar-refractivity contribution in [3.8, 4) is 6.07 Å². The predicted molar refractivity (Wildman–Crippen MR) is 65.3 cm³/mol. The first-order valence-electron chi connectivity index (χ1n) is 4.94. The first-order valence-corrected chi connectivity index (χ1v) is 5.32. The summed E-state index contributed by atoms with van der Waals surface area (Å²) in [7, 11) is 0. The number of hydrogen-bond donors (Lipinski definition) is 1. The van der Waals surface area contributed by atoms with Gasteiger partial charge in [0.1, 0.15) is 5.54 Å². The molecule has 0 heterocycles. The number of amides is 1. The van der Waals surface area contributed by atoms with Gasteiger partial charge < -0.3 is 5.32 Å². The molecule has 0 fully saturated rings. The first-order chi connectivity index (χ1) is 8.25. The zero-order valence-corrected chi connectivity index (χ0v) is 10.5. The number of carbonyl (C=O) groups is 1. The molecule has 1 N–H and O–H groups in total. The Morgan fingerprint density at radius 3 is 2.61 bits per heavy atom. The van der Waals surface area contributed by atoms with Crippen molar-refractivity contribution in [2.24, 2.45) is 0 Å². The zero-order valence-electron chi connectivity index (χ0n) is 9.73. The van der Waals surface area contributed by atoms with Gasteiger partial charge in [-0.25, -0.2) is 0 Å². The van der Waals surface area contributed by atoms with E-state index in [1.807, 2.05) is 6.07 Å². The molecule has 1 amide bonds. The third-order valence-corrected chi connectivity index (χ3v) is 2.28. The van der Waals surface area contributed by atoms with Gasteiger partial charge in [-0.2, -0.15) is 5.26 Å². The lowest BCUT2D eigenvalue weighted by Crippen LogP contribution is -2.42. The Balaban J connectivity index is 3.08. The highest BCUT2D eigenvalue weighted by molar-refractivity contribution is 6.31. The molecule has 18 heavy (non-hydrogen) atoms. The molecule has 0 radical (unpaired) electrons. The number of benzene rings is 1. The summed E-state index contributed by atoms with van der Waals surface area (Å²) in [5.41, 5.74) is -1.30. The van der Waals surface area contributed by atoms with Crippen LogP contribution in [0.15, 0.2) is 18.2 Å². The molecular weight excluding hydrogens is 258 g/mol. The minimum atomic E-state index is -1.06. The Morgan fingerprint density at radius 1 is 1.50 bits per heavy atom. The highest BCUT2D eigenvalue weighted by Crippen LogP contribution is 2.21. The number of nitro groups is 1. The summed E-state index contributed by atoms with van der Waals surface area (Å²) in [4.78, 5) is 21.8. The van der Waals surface area contributed by atoms with E-state index < -0.39 is 16.4 Å².